The van der Waals surface area contributed by atoms with Crippen LogP contribution in [0.4, 0.5) is 0 Å². The van der Waals surface area contributed by atoms with Crippen molar-refractivity contribution in [1.29, 1.82) is 0 Å². The molecule has 0 spiro atoms. The van der Waals surface area contributed by atoms with Crippen LogP contribution in [0.3, 0.4) is 0 Å². The maximum atomic E-state index is 12.4. The molecular weight excluding hydrogens is 334 g/mol. The van der Waals surface area contributed by atoms with E-state index >= 15 is 0 Å². The number of nitrogens with one attached hydrogen (secondary N) is 1. The Labute approximate surface area is 143 Å². The van der Waals surface area contributed by atoms with E-state index in [0.717, 1.165) is 16.9 Å². The first-order valence-electron chi connectivity index (χ1n) is 7.40. The highest BCUT2D eigenvalue weighted by Gasteiger charge is 2.19. The van der Waals surface area contributed by atoms with E-state index < -0.39 is 0 Å². The zero-order chi connectivity index (χ0) is 16.5. The van der Waals surface area contributed by atoms with Gasteiger partial charge in [0.25, 0.3) is 5.91 Å². The lowest BCUT2D eigenvalue weighted by molar-refractivity contribution is -0.0170. The molecule has 2 aromatic carbocycles. The zero-order valence-corrected chi connectivity index (χ0v) is 13.4. The molecule has 0 fully saturated rings. The van der Waals surface area contributed by atoms with Crippen LogP contribution in [0.1, 0.15) is 21.5 Å². The summed E-state index contributed by atoms with van der Waals surface area (Å²) in [5, 5.41) is 3.45. The van der Waals surface area contributed by atoms with Crippen LogP contribution in [0.2, 0.25) is 5.02 Å². The largest absolute Gasteiger partial charge is 0.467 e. The van der Waals surface area contributed by atoms with Gasteiger partial charge in [0, 0.05) is 28.3 Å². The first-order valence-corrected chi connectivity index (χ1v) is 7.78. The molecular formula is C17H14ClNO5. The predicted octanol–water partition coefficient (Wildman–Crippen LogP) is 2.87. The number of benzene rings is 2. The van der Waals surface area contributed by atoms with Crippen LogP contribution in [-0.4, -0.2) is 19.5 Å². The SMILES string of the molecule is O=C(NCc1cc(Cl)cc2c1OCOC2)c1ccc2c(c1)OCO2. The standard InChI is InChI=1S/C17H14ClNO5/c18-13-3-11(16-12(4-13)7-21-8-24-16)6-19-17(20)10-1-2-14-15(5-10)23-9-22-14/h1-5H,6-9H2,(H,19,20). The van der Waals surface area contributed by atoms with Gasteiger partial charge in [-0.3, -0.25) is 4.79 Å². The summed E-state index contributed by atoms with van der Waals surface area (Å²) in [6.45, 7) is 1.11. The molecule has 0 atom stereocenters. The number of carbonyl (C=O) groups is 1. The molecule has 124 valence electrons. The van der Waals surface area contributed by atoms with Crippen molar-refractivity contribution in [2.75, 3.05) is 13.6 Å². The van der Waals surface area contributed by atoms with Gasteiger partial charge in [-0.2, -0.15) is 0 Å². The van der Waals surface area contributed by atoms with Crippen molar-refractivity contribution in [3.63, 3.8) is 0 Å². The van der Waals surface area contributed by atoms with Gasteiger partial charge in [0.1, 0.15) is 5.75 Å². The van der Waals surface area contributed by atoms with Gasteiger partial charge >= 0.3 is 0 Å². The van der Waals surface area contributed by atoms with Crippen molar-refractivity contribution in [2.45, 2.75) is 13.2 Å². The summed E-state index contributed by atoms with van der Waals surface area (Å²) in [5.74, 6) is 1.72. The van der Waals surface area contributed by atoms with Gasteiger partial charge < -0.3 is 24.3 Å². The average Bonchev–Trinajstić information content (AvgIpc) is 3.06. The van der Waals surface area contributed by atoms with Crippen molar-refractivity contribution in [1.82, 2.24) is 5.32 Å². The van der Waals surface area contributed by atoms with Crippen LogP contribution in [0.5, 0.6) is 17.2 Å². The molecule has 2 heterocycles. The third-order valence-corrected chi connectivity index (χ3v) is 4.04. The lowest BCUT2D eigenvalue weighted by Crippen LogP contribution is -2.24. The molecule has 4 rings (SSSR count). The minimum Gasteiger partial charge on any atom is -0.467 e. The maximum absolute atomic E-state index is 12.4. The molecule has 0 unspecified atom stereocenters. The summed E-state index contributed by atoms with van der Waals surface area (Å²) in [7, 11) is 0. The van der Waals surface area contributed by atoms with E-state index in [1.165, 1.54) is 0 Å². The molecule has 0 bridgehead atoms. The Kier molecular flexibility index (Phi) is 3.92. The fourth-order valence-electron chi connectivity index (χ4n) is 2.70. The topological polar surface area (TPSA) is 66.0 Å². The second-order valence-electron chi connectivity index (χ2n) is 5.41. The molecule has 1 amide bonds. The molecule has 1 N–H and O–H groups in total. The van der Waals surface area contributed by atoms with Crippen LogP contribution >= 0.6 is 11.6 Å². The summed E-state index contributed by atoms with van der Waals surface area (Å²) in [4.78, 5) is 12.4. The number of halogens is 1. The molecule has 2 aliphatic rings. The normalized spacial score (nSPS) is 14.7. The maximum Gasteiger partial charge on any atom is 0.251 e. The number of carbonyl (C=O) groups excluding carboxylic acids is 1. The van der Waals surface area contributed by atoms with E-state index in [-0.39, 0.29) is 19.5 Å². The lowest BCUT2D eigenvalue weighted by atomic mass is 10.1. The molecule has 24 heavy (non-hydrogen) atoms. The van der Waals surface area contributed by atoms with Crippen molar-refractivity contribution in [3.05, 3.63) is 52.0 Å². The highest BCUT2D eigenvalue weighted by molar-refractivity contribution is 6.30. The Morgan fingerprint density at radius 1 is 1.08 bits per heavy atom. The molecule has 6 nitrogen and oxygen atoms in total. The minimum atomic E-state index is -0.214. The minimum absolute atomic E-state index is 0.175. The van der Waals surface area contributed by atoms with Gasteiger partial charge in [-0.15, -0.1) is 0 Å². The first kappa shape index (κ1) is 15.1. The number of hydrogen-bond acceptors (Lipinski definition) is 5. The molecule has 0 saturated carbocycles. The Morgan fingerprint density at radius 2 is 1.96 bits per heavy atom. The Morgan fingerprint density at radius 3 is 2.88 bits per heavy atom. The highest BCUT2D eigenvalue weighted by atomic mass is 35.5. The molecule has 0 aromatic heterocycles. The molecule has 2 aromatic rings. The summed E-state index contributed by atoms with van der Waals surface area (Å²) in [5.41, 5.74) is 2.19. The number of ether oxygens (including phenoxy) is 4. The third-order valence-electron chi connectivity index (χ3n) is 3.83. The monoisotopic (exact) mass is 347 g/mol. The van der Waals surface area contributed by atoms with Crippen LogP contribution in [-0.2, 0) is 17.9 Å². The fourth-order valence-corrected chi connectivity index (χ4v) is 2.97. The lowest BCUT2D eigenvalue weighted by Gasteiger charge is -2.21. The first-order chi connectivity index (χ1) is 11.7. The molecule has 0 aliphatic carbocycles. The third kappa shape index (κ3) is 2.86. The van der Waals surface area contributed by atoms with E-state index in [2.05, 4.69) is 5.32 Å². The summed E-state index contributed by atoms with van der Waals surface area (Å²) < 4.78 is 21.3. The van der Waals surface area contributed by atoms with Gasteiger partial charge in [-0.1, -0.05) is 11.6 Å². The van der Waals surface area contributed by atoms with E-state index in [4.69, 9.17) is 30.5 Å². The van der Waals surface area contributed by atoms with Crippen molar-refractivity contribution >= 4 is 17.5 Å². The summed E-state index contributed by atoms with van der Waals surface area (Å²) in [6, 6.07) is 8.67. The molecule has 0 radical (unpaired) electrons. The number of fused-ring (bicyclic) bond motifs is 2. The Hall–Kier alpha value is -2.44. The van der Waals surface area contributed by atoms with Gasteiger partial charge in [0.15, 0.2) is 18.3 Å². The van der Waals surface area contributed by atoms with Gasteiger partial charge in [0.05, 0.1) is 6.61 Å². The van der Waals surface area contributed by atoms with Crippen molar-refractivity contribution < 1.29 is 23.7 Å². The zero-order valence-electron chi connectivity index (χ0n) is 12.6. The molecule has 0 saturated heterocycles. The van der Waals surface area contributed by atoms with Crippen LogP contribution in [0, 0.1) is 0 Å². The second kappa shape index (κ2) is 6.22. The number of amides is 1. The fraction of sp³-hybridized carbons (Fsp3) is 0.235. The number of hydrogen-bond donors (Lipinski definition) is 1. The van der Waals surface area contributed by atoms with E-state index in [1.54, 1.807) is 30.3 Å². The van der Waals surface area contributed by atoms with Crippen molar-refractivity contribution in [2.24, 2.45) is 0 Å². The summed E-state index contributed by atoms with van der Waals surface area (Å²) in [6.07, 6.45) is 0. The second-order valence-corrected chi connectivity index (χ2v) is 5.85. The van der Waals surface area contributed by atoms with E-state index in [1.807, 2.05) is 0 Å². The summed E-state index contributed by atoms with van der Waals surface area (Å²) >= 11 is 6.12. The van der Waals surface area contributed by atoms with E-state index in [9.17, 15) is 4.79 Å². The highest BCUT2D eigenvalue weighted by Crippen LogP contribution is 2.33. The number of rotatable bonds is 3. The van der Waals surface area contributed by atoms with Crippen LogP contribution < -0.4 is 19.5 Å². The molecule has 7 heteroatoms. The van der Waals surface area contributed by atoms with Crippen LogP contribution in [0.15, 0.2) is 30.3 Å². The van der Waals surface area contributed by atoms with Crippen LogP contribution in [0.25, 0.3) is 0 Å². The predicted molar refractivity (Wildman–Crippen MR) is 85.5 cm³/mol. The Balaban J connectivity index is 1.51. The van der Waals surface area contributed by atoms with Gasteiger partial charge in [0.2, 0.25) is 6.79 Å². The average molecular weight is 348 g/mol. The van der Waals surface area contributed by atoms with Gasteiger partial charge in [-0.25, -0.2) is 0 Å². The van der Waals surface area contributed by atoms with Crippen molar-refractivity contribution in [3.8, 4) is 17.2 Å². The molecule has 2 aliphatic heterocycles. The smallest absolute Gasteiger partial charge is 0.251 e. The van der Waals surface area contributed by atoms with E-state index in [0.29, 0.717) is 35.2 Å². The quantitative estimate of drug-likeness (QED) is 0.924. The Bertz CT molecular complexity index is 808. The van der Waals surface area contributed by atoms with Gasteiger partial charge in [-0.05, 0) is 30.3 Å².